The number of nitrogens with zero attached hydrogens (tertiary/aromatic N) is 1. The molecule has 0 aliphatic carbocycles. The van der Waals surface area contributed by atoms with E-state index in [9.17, 15) is 5.11 Å². The fourth-order valence-corrected chi connectivity index (χ4v) is 2.82. The van der Waals surface area contributed by atoms with E-state index in [-0.39, 0.29) is 25.1 Å². The van der Waals surface area contributed by atoms with Crippen LogP contribution in [0.25, 0.3) is 0 Å². The zero-order valence-corrected chi connectivity index (χ0v) is 13.3. The monoisotopic (exact) mass is 350 g/mol. The molecule has 19 heavy (non-hydrogen) atoms. The van der Waals surface area contributed by atoms with Crippen LogP contribution in [0.15, 0.2) is 22.7 Å². The zero-order valence-electron chi connectivity index (χ0n) is 10.9. The maximum Gasteiger partial charge on any atom is 0.119 e. The molecule has 1 aromatic rings. The van der Waals surface area contributed by atoms with Crippen molar-refractivity contribution in [2.24, 2.45) is 0 Å². The van der Waals surface area contributed by atoms with E-state index in [1.54, 1.807) is 7.11 Å². The van der Waals surface area contributed by atoms with Crippen molar-refractivity contribution in [2.45, 2.75) is 6.04 Å². The summed E-state index contributed by atoms with van der Waals surface area (Å²) in [5, 5.41) is 13.0. The summed E-state index contributed by atoms with van der Waals surface area (Å²) in [6.45, 7) is 3.96. The van der Waals surface area contributed by atoms with E-state index in [1.165, 1.54) is 0 Å². The van der Waals surface area contributed by atoms with Gasteiger partial charge < -0.3 is 15.2 Å². The van der Waals surface area contributed by atoms with E-state index >= 15 is 0 Å². The first kappa shape index (κ1) is 16.7. The number of hydrogen-bond acceptors (Lipinski definition) is 4. The number of rotatable bonds is 4. The van der Waals surface area contributed by atoms with Crippen molar-refractivity contribution >= 4 is 28.3 Å². The molecule has 0 bridgehead atoms. The summed E-state index contributed by atoms with van der Waals surface area (Å²) < 4.78 is 6.27. The first-order valence-electron chi connectivity index (χ1n) is 6.15. The average Bonchev–Trinajstić information content (AvgIpc) is 2.43. The normalized spacial score (nSPS) is 17.6. The van der Waals surface area contributed by atoms with Crippen molar-refractivity contribution in [3.8, 4) is 5.75 Å². The van der Waals surface area contributed by atoms with Gasteiger partial charge in [-0.05, 0) is 23.8 Å². The number of halogens is 2. The summed E-state index contributed by atoms with van der Waals surface area (Å²) in [5.41, 5.74) is 1.08. The number of hydrogen-bond donors (Lipinski definition) is 2. The lowest BCUT2D eigenvalue weighted by Crippen LogP contribution is -2.46. The molecule has 1 aliphatic rings. The van der Waals surface area contributed by atoms with E-state index in [0.717, 1.165) is 42.0 Å². The van der Waals surface area contributed by atoms with Crippen LogP contribution in [0.3, 0.4) is 0 Å². The summed E-state index contributed by atoms with van der Waals surface area (Å²) in [7, 11) is 1.66. The highest BCUT2D eigenvalue weighted by molar-refractivity contribution is 9.10. The molecule has 108 valence electrons. The summed E-state index contributed by atoms with van der Waals surface area (Å²) in [5.74, 6) is 0.821. The van der Waals surface area contributed by atoms with Crippen LogP contribution in [0, 0.1) is 0 Å². The molecule has 2 N–H and O–H groups in total. The van der Waals surface area contributed by atoms with Gasteiger partial charge in [0.25, 0.3) is 0 Å². The van der Waals surface area contributed by atoms with E-state index in [2.05, 4.69) is 26.1 Å². The fraction of sp³-hybridized carbons (Fsp3) is 0.538. The van der Waals surface area contributed by atoms with Crippen LogP contribution >= 0.6 is 28.3 Å². The minimum atomic E-state index is 0. The lowest BCUT2D eigenvalue weighted by molar-refractivity contribution is 0.110. The summed E-state index contributed by atoms with van der Waals surface area (Å²) in [4.78, 5) is 2.30. The molecule has 0 aromatic heterocycles. The molecule has 0 spiro atoms. The highest BCUT2D eigenvalue weighted by atomic mass is 79.9. The Hall–Kier alpha value is -0.330. The second-order valence-corrected chi connectivity index (χ2v) is 5.23. The summed E-state index contributed by atoms with van der Waals surface area (Å²) >= 11 is 3.56. The molecule has 0 amide bonds. The topological polar surface area (TPSA) is 44.7 Å². The minimum Gasteiger partial charge on any atom is -0.497 e. The van der Waals surface area contributed by atoms with Gasteiger partial charge in [-0.2, -0.15) is 0 Å². The average molecular weight is 352 g/mol. The third-order valence-electron chi connectivity index (χ3n) is 3.33. The third kappa shape index (κ3) is 4.07. The van der Waals surface area contributed by atoms with Crippen LogP contribution in [0.4, 0.5) is 0 Å². The minimum absolute atomic E-state index is 0. The quantitative estimate of drug-likeness (QED) is 0.868. The molecule has 1 saturated heterocycles. The Morgan fingerprint density at radius 3 is 2.68 bits per heavy atom. The SMILES string of the molecule is COc1ccc(Br)c([C@@H](CO)N2CCNCC2)c1.Cl. The lowest BCUT2D eigenvalue weighted by Gasteiger charge is -2.34. The van der Waals surface area contributed by atoms with Crippen molar-refractivity contribution in [1.29, 1.82) is 0 Å². The molecule has 0 radical (unpaired) electrons. The Kier molecular flexibility index (Phi) is 7.10. The fourth-order valence-electron chi connectivity index (χ4n) is 2.31. The molecule has 1 atom stereocenters. The molecule has 1 aliphatic heterocycles. The van der Waals surface area contributed by atoms with Gasteiger partial charge in [0, 0.05) is 30.7 Å². The predicted octanol–water partition coefficient (Wildman–Crippen LogP) is 1.82. The smallest absolute Gasteiger partial charge is 0.119 e. The van der Waals surface area contributed by atoms with Gasteiger partial charge >= 0.3 is 0 Å². The Bertz CT molecular complexity index is 400. The largest absolute Gasteiger partial charge is 0.497 e. The number of aliphatic hydroxyl groups excluding tert-OH is 1. The van der Waals surface area contributed by atoms with E-state index in [0.29, 0.717) is 0 Å². The van der Waals surface area contributed by atoms with Crippen LogP contribution in [0.5, 0.6) is 5.75 Å². The molecule has 2 rings (SSSR count). The molecule has 0 saturated carbocycles. The Balaban J connectivity index is 0.00000180. The number of aliphatic hydroxyl groups is 1. The summed E-state index contributed by atoms with van der Waals surface area (Å²) in [6, 6.07) is 5.91. The molecule has 1 heterocycles. The Morgan fingerprint density at radius 1 is 1.42 bits per heavy atom. The standard InChI is InChI=1S/C13H19BrN2O2.ClH/c1-18-10-2-3-12(14)11(8-10)13(9-17)16-6-4-15-5-7-16;/h2-3,8,13,15,17H,4-7,9H2,1H3;1H/t13-;/m1./s1. The van der Waals surface area contributed by atoms with Crippen LogP contribution in [-0.4, -0.2) is 49.9 Å². The van der Waals surface area contributed by atoms with E-state index in [1.807, 2.05) is 18.2 Å². The zero-order chi connectivity index (χ0) is 13.0. The van der Waals surface area contributed by atoms with Gasteiger partial charge in [-0.3, -0.25) is 4.90 Å². The van der Waals surface area contributed by atoms with Gasteiger partial charge in [0.15, 0.2) is 0 Å². The van der Waals surface area contributed by atoms with E-state index in [4.69, 9.17) is 4.74 Å². The van der Waals surface area contributed by atoms with Gasteiger partial charge in [0.05, 0.1) is 19.8 Å². The number of methoxy groups -OCH3 is 1. The highest BCUT2D eigenvalue weighted by Crippen LogP contribution is 2.31. The van der Waals surface area contributed by atoms with Crippen LogP contribution in [0.2, 0.25) is 0 Å². The number of benzene rings is 1. The lowest BCUT2D eigenvalue weighted by atomic mass is 10.0. The van der Waals surface area contributed by atoms with Crippen molar-refractivity contribution in [1.82, 2.24) is 10.2 Å². The molecular weight excluding hydrogens is 332 g/mol. The second-order valence-electron chi connectivity index (χ2n) is 4.37. The maximum absolute atomic E-state index is 9.70. The van der Waals surface area contributed by atoms with Crippen molar-refractivity contribution < 1.29 is 9.84 Å². The highest BCUT2D eigenvalue weighted by Gasteiger charge is 2.23. The summed E-state index contributed by atoms with van der Waals surface area (Å²) in [6.07, 6.45) is 0. The van der Waals surface area contributed by atoms with Gasteiger partial charge in [-0.1, -0.05) is 15.9 Å². The number of nitrogens with one attached hydrogen (secondary N) is 1. The number of piperazine rings is 1. The second kappa shape index (κ2) is 8.07. The van der Waals surface area contributed by atoms with Crippen LogP contribution in [0.1, 0.15) is 11.6 Å². The first-order chi connectivity index (χ1) is 8.76. The predicted molar refractivity (Wildman–Crippen MR) is 82.2 cm³/mol. The van der Waals surface area contributed by atoms with Crippen LogP contribution < -0.4 is 10.1 Å². The Labute approximate surface area is 128 Å². The maximum atomic E-state index is 9.70. The van der Waals surface area contributed by atoms with Gasteiger partial charge in [-0.25, -0.2) is 0 Å². The number of ether oxygens (including phenoxy) is 1. The van der Waals surface area contributed by atoms with Crippen molar-refractivity contribution in [3.63, 3.8) is 0 Å². The van der Waals surface area contributed by atoms with E-state index < -0.39 is 0 Å². The Morgan fingerprint density at radius 2 is 2.11 bits per heavy atom. The van der Waals surface area contributed by atoms with Crippen molar-refractivity contribution in [3.05, 3.63) is 28.2 Å². The third-order valence-corrected chi connectivity index (χ3v) is 4.05. The molecule has 1 fully saturated rings. The molecule has 0 unspecified atom stereocenters. The van der Waals surface area contributed by atoms with Gasteiger partial charge in [0.1, 0.15) is 5.75 Å². The van der Waals surface area contributed by atoms with Crippen molar-refractivity contribution in [2.75, 3.05) is 39.9 Å². The van der Waals surface area contributed by atoms with Crippen LogP contribution in [-0.2, 0) is 0 Å². The molecule has 1 aromatic carbocycles. The first-order valence-corrected chi connectivity index (χ1v) is 6.94. The molecule has 6 heteroatoms. The van der Waals surface area contributed by atoms with Gasteiger partial charge in [0.2, 0.25) is 0 Å². The molecule has 4 nitrogen and oxygen atoms in total. The molecular formula is C13H20BrClN2O2. The van der Waals surface area contributed by atoms with Gasteiger partial charge in [-0.15, -0.1) is 12.4 Å².